The van der Waals surface area contributed by atoms with E-state index in [-0.39, 0.29) is 6.61 Å². The second-order valence-electron chi connectivity index (χ2n) is 5.15. The van der Waals surface area contributed by atoms with Crippen LogP contribution in [0.5, 0.6) is 5.75 Å². The maximum absolute atomic E-state index is 10.6. The van der Waals surface area contributed by atoms with Gasteiger partial charge >= 0.3 is 0 Å². The van der Waals surface area contributed by atoms with Gasteiger partial charge in [-0.2, -0.15) is 0 Å². The third-order valence-electron chi connectivity index (χ3n) is 3.69. The molecule has 1 unspecified atom stereocenters. The number of primary amides is 1. The fourth-order valence-electron chi connectivity index (χ4n) is 2.30. The van der Waals surface area contributed by atoms with Gasteiger partial charge in [-0.05, 0) is 30.5 Å². The van der Waals surface area contributed by atoms with E-state index < -0.39 is 5.91 Å². The number of carbonyl (C=O) groups is 1. The summed E-state index contributed by atoms with van der Waals surface area (Å²) in [6.07, 6.45) is 2.40. The van der Waals surface area contributed by atoms with Gasteiger partial charge in [0, 0.05) is 12.6 Å². The predicted molar refractivity (Wildman–Crippen MR) is 81.5 cm³/mol. The van der Waals surface area contributed by atoms with E-state index in [0.29, 0.717) is 17.7 Å². The molecule has 1 rings (SSSR count). The van der Waals surface area contributed by atoms with E-state index in [1.807, 2.05) is 24.3 Å². The zero-order valence-electron chi connectivity index (χ0n) is 12.7. The number of hydrogen-bond acceptors (Lipinski definition) is 3. The van der Waals surface area contributed by atoms with Gasteiger partial charge < -0.3 is 15.8 Å². The number of hydrogen-bond donors (Lipinski definition) is 2. The lowest BCUT2D eigenvalue weighted by atomic mass is 9.95. The maximum Gasteiger partial charge on any atom is 0.255 e. The molecule has 0 fully saturated rings. The monoisotopic (exact) mass is 278 g/mol. The molecular weight excluding hydrogens is 252 g/mol. The van der Waals surface area contributed by atoms with E-state index >= 15 is 0 Å². The topological polar surface area (TPSA) is 64.3 Å². The summed E-state index contributed by atoms with van der Waals surface area (Å²) in [5.74, 6) is 0.920. The maximum atomic E-state index is 10.6. The van der Waals surface area contributed by atoms with Crippen LogP contribution < -0.4 is 15.8 Å². The summed E-state index contributed by atoms with van der Waals surface area (Å²) in [5, 5.41) is 3.56. The zero-order chi connectivity index (χ0) is 15.0. The highest BCUT2D eigenvalue weighted by Crippen LogP contribution is 2.15. The predicted octanol–water partition coefficient (Wildman–Crippen LogP) is 2.46. The van der Waals surface area contributed by atoms with Crippen molar-refractivity contribution in [2.24, 2.45) is 11.7 Å². The molecule has 0 saturated heterocycles. The minimum Gasteiger partial charge on any atom is -0.484 e. The number of amides is 1. The Kier molecular flexibility index (Phi) is 7.09. The van der Waals surface area contributed by atoms with E-state index in [1.54, 1.807) is 0 Å². The Morgan fingerprint density at radius 3 is 2.35 bits per heavy atom. The lowest BCUT2D eigenvalue weighted by Crippen LogP contribution is -2.32. The number of benzene rings is 1. The largest absolute Gasteiger partial charge is 0.484 e. The number of nitrogens with two attached hydrogens (primary N) is 1. The first-order chi connectivity index (χ1) is 9.56. The summed E-state index contributed by atoms with van der Waals surface area (Å²) in [5.41, 5.74) is 6.23. The van der Waals surface area contributed by atoms with Crippen LogP contribution in [0.4, 0.5) is 0 Å². The van der Waals surface area contributed by atoms with Gasteiger partial charge in [0.25, 0.3) is 5.91 Å². The fourth-order valence-corrected chi connectivity index (χ4v) is 2.30. The average Bonchev–Trinajstić information content (AvgIpc) is 2.45. The summed E-state index contributed by atoms with van der Waals surface area (Å²) >= 11 is 0. The second-order valence-corrected chi connectivity index (χ2v) is 5.15. The SMILES string of the molecule is CCC(CC)C(C)NCc1ccc(OCC(N)=O)cc1. The van der Waals surface area contributed by atoms with Crippen LogP contribution in [-0.4, -0.2) is 18.6 Å². The fraction of sp³-hybridized carbons (Fsp3) is 0.562. The van der Waals surface area contributed by atoms with E-state index in [0.717, 1.165) is 6.54 Å². The Bertz CT molecular complexity index is 399. The molecule has 0 radical (unpaired) electrons. The average molecular weight is 278 g/mol. The van der Waals surface area contributed by atoms with E-state index in [9.17, 15) is 4.79 Å². The quantitative estimate of drug-likeness (QED) is 0.729. The second kappa shape index (κ2) is 8.59. The van der Waals surface area contributed by atoms with E-state index in [4.69, 9.17) is 10.5 Å². The molecule has 1 atom stereocenters. The molecule has 0 aliphatic carbocycles. The van der Waals surface area contributed by atoms with Crippen molar-refractivity contribution in [3.63, 3.8) is 0 Å². The van der Waals surface area contributed by atoms with Crippen molar-refractivity contribution < 1.29 is 9.53 Å². The summed E-state index contributed by atoms with van der Waals surface area (Å²) in [6, 6.07) is 8.24. The summed E-state index contributed by atoms with van der Waals surface area (Å²) in [6.45, 7) is 7.47. The summed E-state index contributed by atoms with van der Waals surface area (Å²) in [4.78, 5) is 10.6. The molecule has 4 heteroatoms. The first-order valence-electron chi connectivity index (χ1n) is 7.30. The third kappa shape index (κ3) is 5.61. The third-order valence-corrected chi connectivity index (χ3v) is 3.69. The van der Waals surface area contributed by atoms with Crippen LogP contribution in [0.3, 0.4) is 0 Å². The molecule has 0 spiro atoms. The Morgan fingerprint density at radius 2 is 1.85 bits per heavy atom. The minimum absolute atomic E-state index is 0.0800. The van der Waals surface area contributed by atoms with Gasteiger partial charge in [-0.1, -0.05) is 38.8 Å². The van der Waals surface area contributed by atoms with Gasteiger partial charge in [-0.3, -0.25) is 4.79 Å². The van der Waals surface area contributed by atoms with Crippen molar-refractivity contribution in [2.45, 2.75) is 46.2 Å². The van der Waals surface area contributed by atoms with Gasteiger partial charge in [0.2, 0.25) is 0 Å². The zero-order valence-corrected chi connectivity index (χ0v) is 12.7. The molecule has 3 N–H and O–H groups in total. The Morgan fingerprint density at radius 1 is 1.25 bits per heavy atom. The first-order valence-corrected chi connectivity index (χ1v) is 7.30. The molecule has 1 aromatic carbocycles. The smallest absolute Gasteiger partial charge is 0.255 e. The van der Waals surface area contributed by atoms with Gasteiger partial charge in [-0.15, -0.1) is 0 Å². The lowest BCUT2D eigenvalue weighted by molar-refractivity contribution is -0.119. The lowest BCUT2D eigenvalue weighted by Gasteiger charge is -2.22. The van der Waals surface area contributed by atoms with Crippen LogP contribution in [-0.2, 0) is 11.3 Å². The molecule has 0 bridgehead atoms. The van der Waals surface area contributed by atoms with Crippen molar-refractivity contribution in [1.82, 2.24) is 5.32 Å². The molecule has 1 aromatic rings. The number of carbonyl (C=O) groups excluding carboxylic acids is 1. The molecule has 0 aromatic heterocycles. The molecule has 0 saturated carbocycles. The Labute approximate surface area is 121 Å². The molecule has 1 amide bonds. The molecule has 0 heterocycles. The number of ether oxygens (including phenoxy) is 1. The van der Waals surface area contributed by atoms with Crippen LogP contribution in [0.1, 0.15) is 39.2 Å². The highest BCUT2D eigenvalue weighted by Gasteiger charge is 2.12. The molecule has 4 nitrogen and oxygen atoms in total. The Hall–Kier alpha value is -1.55. The van der Waals surface area contributed by atoms with Gasteiger partial charge in [0.15, 0.2) is 6.61 Å². The van der Waals surface area contributed by atoms with Crippen molar-refractivity contribution in [3.05, 3.63) is 29.8 Å². The van der Waals surface area contributed by atoms with E-state index in [2.05, 4.69) is 26.1 Å². The highest BCUT2D eigenvalue weighted by atomic mass is 16.5. The number of nitrogens with one attached hydrogen (secondary N) is 1. The standard InChI is InChI=1S/C16H26N2O2/c1-4-14(5-2)12(3)18-10-13-6-8-15(9-7-13)20-11-16(17)19/h6-9,12,14,18H,4-5,10-11H2,1-3H3,(H2,17,19). The van der Waals surface area contributed by atoms with Crippen molar-refractivity contribution >= 4 is 5.91 Å². The molecule has 0 aliphatic rings. The molecule has 0 aliphatic heterocycles. The van der Waals surface area contributed by atoms with Gasteiger partial charge in [0.1, 0.15) is 5.75 Å². The van der Waals surface area contributed by atoms with Crippen LogP contribution in [0.25, 0.3) is 0 Å². The molecule has 112 valence electrons. The summed E-state index contributed by atoms with van der Waals surface area (Å²) in [7, 11) is 0. The van der Waals surface area contributed by atoms with Crippen molar-refractivity contribution in [1.29, 1.82) is 0 Å². The van der Waals surface area contributed by atoms with Crippen LogP contribution in [0, 0.1) is 5.92 Å². The van der Waals surface area contributed by atoms with Crippen molar-refractivity contribution in [2.75, 3.05) is 6.61 Å². The first kappa shape index (κ1) is 16.5. The molecule has 20 heavy (non-hydrogen) atoms. The minimum atomic E-state index is -0.463. The molecular formula is C16H26N2O2. The van der Waals surface area contributed by atoms with Crippen LogP contribution in [0.2, 0.25) is 0 Å². The summed E-state index contributed by atoms with van der Waals surface area (Å²) < 4.78 is 5.23. The highest BCUT2D eigenvalue weighted by molar-refractivity contribution is 5.75. The van der Waals surface area contributed by atoms with Gasteiger partial charge in [0.05, 0.1) is 0 Å². The number of rotatable bonds is 9. The van der Waals surface area contributed by atoms with Crippen LogP contribution in [0.15, 0.2) is 24.3 Å². The van der Waals surface area contributed by atoms with Crippen LogP contribution >= 0.6 is 0 Å². The van der Waals surface area contributed by atoms with Crippen molar-refractivity contribution in [3.8, 4) is 5.75 Å². The van der Waals surface area contributed by atoms with E-state index in [1.165, 1.54) is 18.4 Å². The normalized spacial score (nSPS) is 12.4. The Balaban J connectivity index is 2.43. The van der Waals surface area contributed by atoms with Gasteiger partial charge in [-0.25, -0.2) is 0 Å².